The van der Waals surface area contributed by atoms with Crippen molar-refractivity contribution in [1.29, 1.82) is 0 Å². The van der Waals surface area contributed by atoms with Crippen molar-refractivity contribution in [2.45, 2.75) is 45.6 Å². The first-order chi connectivity index (χ1) is 10.1. The quantitative estimate of drug-likeness (QED) is 0.832. The van der Waals surface area contributed by atoms with Crippen LogP contribution in [-0.4, -0.2) is 25.3 Å². The van der Waals surface area contributed by atoms with Crippen LogP contribution in [-0.2, 0) is 6.54 Å². The van der Waals surface area contributed by atoms with E-state index in [9.17, 15) is 9.59 Å². The van der Waals surface area contributed by atoms with E-state index in [1.165, 1.54) is 26.2 Å². The molecule has 2 heterocycles. The van der Waals surface area contributed by atoms with Crippen molar-refractivity contribution in [2.75, 3.05) is 5.73 Å². The van der Waals surface area contributed by atoms with E-state index < -0.39 is 5.56 Å². The second-order valence-electron chi connectivity index (χ2n) is 5.73. The molecule has 3 rings (SSSR count). The fourth-order valence-corrected chi connectivity index (χ4v) is 3.00. The zero-order chi connectivity index (χ0) is 15.0. The summed E-state index contributed by atoms with van der Waals surface area (Å²) in [5.74, 6) is 0.588. The minimum Gasteiger partial charge on any atom is -0.369 e. The third kappa shape index (κ3) is 2.55. The van der Waals surface area contributed by atoms with Gasteiger partial charge in [-0.05, 0) is 18.8 Å². The van der Waals surface area contributed by atoms with Crippen LogP contribution in [0.4, 0.5) is 5.95 Å². The highest BCUT2D eigenvalue weighted by atomic mass is 16.1. The number of anilines is 1. The van der Waals surface area contributed by atoms with Crippen LogP contribution in [0.2, 0.25) is 0 Å². The molecule has 112 valence electrons. The molecule has 2 aromatic heterocycles. The fourth-order valence-electron chi connectivity index (χ4n) is 3.00. The number of nitrogens with two attached hydrogens (primary N) is 1. The van der Waals surface area contributed by atoms with Gasteiger partial charge in [-0.1, -0.05) is 19.3 Å². The van der Waals surface area contributed by atoms with Gasteiger partial charge >= 0.3 is 0 Å². The highest BCUT2D eigenvalue weighted by molar-refractivity contribution is 5.91. The van der Waals surface area contributed by atoms with E-state index in [2.05, 4.69) is 15.0 Å². The normalized spacial score (nSPS) is 16.4. The molecule has 0 unspecified atom stereocenters. The molecular formula is C14H19N5O2. The smallest absolute Gasteiger partial charge is 0.279 e. The van der Waals surface area contributed by atoms with Gasteiger partial charge in [-0.25, -0.2) is 9.97 Å². The summed E-state index contributed by atoms with van der Waals surface area (Å²) in [6.07, 6.45) is 6.04. The number of aromatic amines is 1. The van der Waals surface area contributed by atoms with Crippen molar-refractivity contribution >= 4 is 22.9 Å². The van der Waals surface area contributed by atoms with E-state index in [1.807, 2.05) is 0 Å². The largest absolute Gasteiger partial charge is 0.369 e. The molecule has 0 aromatic carbocycles. The number of hydrogen-bond donors (Lipinski definition) is 2. The third-order valence-corrected chi connectivity index (χ3v) is 4.13. The topological polar surface area (TPSA) is 107 Å². The number of nitrogen functional groups attached to an aromatic ring is 1. The molecule has 0 aliphatic heterocycles. The Hall–Kier alpha value is -2.18. The molecule has 0 radical (unpaired) electrons. The minimum absolute atomic E-state index is 0.0531. The van der Waals surface area contributed by atoms with Gasteiger partial charge in [0.25, 0.3) is 5.56 Å². The number of imidazole rings is 1. The van der Waals surface area contributed by atoms with Crippen molar-refractivity contribution < 1.29 is 4.79 Å². The van der Waals surface area contributed by atoms with Gasteiger partial charge in [0.2, 0.25) is 5.95 Å². The molecule has 3 N–H and O–H groups in total. The average Bonchev–Trinajstić information content (AvgIpc) is 2.77. The number of carbonyl (C=O) groups excluding carboxylic acids is 1. The second kappa shape index (κ2) is 5.31. The lowest BCUT2D eigenvalue weighted by Gasteiger charge is -2.22. The Morgan fingerprint density at radius 1 is 1.33 bits per heavy atom. The zero-order valence-corrected chi connectivity index (χ0v) is 12.1. The Balaban J connectivity index is 2.06. The summed E-state index contributed by atoms with van der Waals surface area (Å²) in [5.41, 5.74) is 6.13. The standard InChI is InChI=1S/C14H19N5O2/c1-8(20)11-17-12-10(13(21)18-11)16-14(15)19(12)7-9-5-3-2-4-6-9/h9H,2-7H2,1H3,(H2,15,16)(H,17,18,21). The minimum atomic E-state index is -0.417. The maximum Gasteiger partial charge on any atom is 0.279 e. The molecule has 0 spiro atoms. The molecule has 21 heavy (non-hydrogen) atoms. The highest BCUT2D eigenvalue weighted by Gasteiger charge is 2.20. The molecule has 1 saturated carbocycles. The second-order valence-corrected chi connectivity index (χ2v) is 5.73. The summed E-state index contributed by atoms with van der Waals surface area (Å²) < 4.78 is 1.77. The number of Topliss-reactive ketones (excluding diaryl/α,β-unsaturated/α-hetero) is 1. The highest BCUT2D eigenvalue weighted by Crippen LogP contribution is 2.27. The van der Waals surface area contributed by atoms with Crippen LogP contribution in [0.1, 0.15) is 49.6 Å². The number of carbonyl (C=O) groups is 1. The van der Waals surface area contributed by atoms with Crippen molar-refractivity contribution in [3.63, 3.8) is 0 Å². The van der Waals surface area contributed by atoms with Crippen LogP contribution >= 0.6 is 0 Å². The Labute approximate surface area is 121 Å². The zero-order valence-electron chi connectivity index (χ0n) is 12.1. The lowest BCUT2D eigenvalue weighted by atomic mass is 9.89. The monoisotopic (exact) mass is 289 g/mol. The number of aromatic nitrogens is 4. The molecule has 0 amide bonds. The maximum atomic E-state index is 12.0. The molecule has 1 aliphatic rings. The summed E-state index contributed by atoms with van der Waals surface area (Å²) in [5, 5.41) is 0. The Morgan fingerprint density at radius 2 is 2.05 bits per heavy atom. The van der Waals surface area contributed by atoms with E-state index in [0.717, 1.165) is 12.8 Å². The number of H-pyrrole nitrogens is 1. The van der Waals surface area contributed by atoms with Gasteiger partial charge in [0.1, 0.15) is 0 Å². The number of nitrogens with zero attached hydrogens (tertiary/aromatic N) is 3. The average molecular weight is 289 g/mol. The van der Waals surface area contributed by atoms with E-state index in [1.54, 1.807) is 4.57 Å². The third-order valence-electron chi connectivity index (χ3n) is 4.13. The van der Waals surface area contributed by atoms with E-state index in [4.69, 9.17) is 5.73 Å². The van der Waals surface area contributed by atoms with Crippen molar-refractivity contribution in [3.05, 3.63) is 16.2 Å². The maximum absolute atomic E-state index is 12.0. The number of hydrogen-bond acceptors (Lipinski definition) is 5. The molecule has 1 fully saturated rings. The number of nitrogens with one attached hydrogen (secondary N) is 1. The first kappa shape index (κ1) is 13.8. The molecule has 7 nitrogen and oxygen atoms in total. The molecule has 1 aliphatic carbocycles. The van der Waals surface area contributed by atoms with Gasteiger partial charge in [-0.15, -0.1) is 0 Å². The van der Waals surface area contributed by atoms with Gasteiger partial charge in [0.05, 0.1) is 0 Å². The summed E-state index contributed by atoms with van der Waals surface area (Å²) in [4.78, 5) is 34.2. The fraction of sp³-hybridized carbons (Fsp3) is 0.571. The van der Waals surface area contributed by atoms with Gasteiger partial charge < -0.3 is 10.7 Å². The number of fused-ring (bicyclic) bond motifs is 1. The summed E-state index contributed by atoms with van der Waals surface area (Å²) in [6, 6.07) is 0. The first-order valence-corrected chi connectivity index (χ1v) is 7.33. The van der Waals surface area contributed by atoms with Crippen LogP contribution in [0.5, 0.6) is 0 Å². The molecular weight excluding hydrogens is 270 g/mol. The Kier molecular flexibility index (Phi) is 3.48. The van der Waals surface area contributed by atoms with Gasteiger partial charge in [0.15, 0.2) is 22.8 Å². The first-order valence-electron chi connectivity index (χ1n) is 7.33. The predicted molar refractivity (Wildman–Crippen MR) is 79.1 cm³/mol. The van der Waals surface area contributed by atoms with Crippen LogP contribution in [0.3, 0.4) is 0 Å². The molecule has 2 aromatic rings. The Bertz CT molecular complexity index is 740. The van der Waals surface area contributed by atoms with Crippen LogP contribution < -0.4 is 11.3 Å². The van der Waals surface area contributed by atoms with Crippen LogP contribution in [0.15, 0.2) is 4.79 Å². The molecule has 0 atom stereocenters. The SMILES string of the molecule is CC(=O)c1nc2c(nc(N)n2CC2CCCCC2)c(=O)[nH]1. The molecule has 0 bridgehead atoms. The molecule has 0 saturated heterocycles. The van der Waals surface area contributed by atoms with Crippen molar-refractivity contribution in [1.82, 2.24) is 19.5 Å². The van der Waals surface area contributed by atoms with E-state index in [0.29, 0.717) is 18.1 Å². The summed E-state index contributed by atoms with van der Waals surface area (Å²) in [7, 11) is 0. The van der Waals surface area contributed by atoms with Gasteiger partial charge in [0, 0.05) is 13.5 Å². The lowest BCUT2D eigenvalue weighted by Crippen LogP contribution is -2.18. The molecule has 7 heteroatoms. The van der Waals surface area contributed by atoms with Crippen LogP contribution in [0, 0.1) is 5.92 Å². The van der Waals surface area contributed by atoms with Crippen molar-refractivity contribution in [2.24, 2.45) is 5.92 Å². The van der Waals surface area contributed by atoms with Gasteiger partial charge in [-0.3, -0.25) is 14.2 Å². The lowest BCUT2D eigenvalue weighted by molar-refractivity contribution is 0.100. The predicted octanol–water partition coefficient (Wildman–Crippen LogP) is 1.48. The van der Waals surface area contributed by atoms with E-state index >= 15 is 0 Å². The summed E-state index contributed by atoms with van der Waals surface area (Å²) in [6.45, 7) is 2.07. The summed E-state index contributed by atoms with van der Waals surface area (Å²) >= 11 is 0. The van der Waals surface area contributed by atoms with E-state index in [-0.39, 0.29) is 23.1 Å². The van der Waals surface area contributed by atoms with Gasteiger partial charge in [-0.2, -0.15) is 0 Å². The van der Waals surface area contributed by atoms with Crippen molar-refractivity contribution in [3.8, 4) is 0 Å². The van der Waals surface area contributed by atoms with Crippen LogP contribution in [0.25, 0.3) is 11.2 Å². The number of rotatable bonds is 3. The Morgan fingerprint density at radius 3 is 2.71 bits per heavy atom. The number of ketones is 1.